The molecule has 1 aromatic heterocycles. The molecule has 0 atom stereocenters. The van der Waals surface area contributed by atoms with E-state index >= 15 is 0 Å². The maximum Gasteiger partial charge on any atom is 0.256 e. The number of carbonyl (C=O) groups excluding carboxylic acids is 1. The zero-order chi connectivity index (χ0) is 15.0. The van der Waals surface area contributed by atoms with Crippen LogP contribution in [-0.4, -0.2) is 21.6 Å². The second-order valence-electron chi connectivity index (χ2n) is 4.89. The number of anilines is 1. The average Bonchev–Trinajstić information content (AvgIpc) is 2.80. The monoisotopic (exact) mass is 300 g/mol. The number of benzene rings is 1. The zero-order valence-electron chi connectivity index (χ0n) is 11.7. The van der Waals surface area contributed by atoms with Crippen molar-refractivity contribution < 1.29 is 4.79 Å². The lowest BCUT2D eigenvalue weighted by atomic mass is 10.1. The zero-order valence-corrected chi connectivity index (χ0v) is 12.4. The lowest BCUT2D eigenvalue weighted by Crippen LogP contribution is -2.22. The number of aromatic nitrogens is 2. The van der Waals surface area contributed by atoms with E-state index in [0.29, 0.717) is 16.7 Å². The number of hydrazone groups is 1. The van der Waals surface area contributed by atoms with E-state index < -0.39 is 0 Å². The van der Waals surface area contributed by atoms with E-state index in [4.69, 9.17) is 11.6 Å². The molecule has 1 aliphatic heterocycles. The van der Waals surface area contributed by atoms with E-state index in [-0.39, 0.29) is 12.3 Å². The summed E-state index contributed by atoms with van der Waals surface area (Å²) >= 11 is 5.87. The molecule has 0 fully saturated rings. The Morgan fingerprint density at radius 1 is 1.10 bits per heavy atom. The van der Waals surface area contributed by atoms with Gasteiger partial charge < -0.3 is 0 Å². The third-order valence-electron chi connectivity index (χ3n) is 3.11. The smallest absolute Gasteiger partial charge is 0.256 e. The third-order valence-corrected chi connectivity index (χ3v) is 3.36. The average molecular weight is 301 g/mol. The van der Waals surface area contributed by atoms with Gasteiger partial charge in [0.05, 0.1) is 12.1 Å². The fraction of sp³-hybridized carbons (Fsp3) is 0.200. The van der Waals surface area contributed by atoms with Crippen LogP contribution in [0.25, 0.3) is 0 Å². The largest absolute Gasteiger partial charge is 0.272 e. The fourth-order valence-electron chi connectivity index (χ4n) is 2.19. The second kappa shape index (κ2) is 5.26. The number of nitrogens with zero attached hydrogens (tertiary/aromatic N) is 4. The van der Waals surface area contributed by atoms with E-state index in [0.717, 1.165) is 17.0 Å². The topological polar surface area (TPSA) is 58.5 Å². The molecular formula is C15H13ClN4O. The Labute approximate surface area is 127 Å². The molecule has 1 aliphatic rings. The Kier molecular flexibility index (Phi) is 3.43. The standard InChI is InChI=1S/C15H13ClN4O/c1-9-7-10(2)18-15(17-9)20-14(21)8-13(19-20)11-3-5-12(16)6-4-11/h3-7H,8H2,1-2H3. The van der Waals surface area contributed by atoms with Gasteiger partial charge in [0.2, 0.25) is 0 Å². The van der Waals surface area contributed by atoms with E-state index in [1.54, 1.807) is 12.1 Å². The third kappa shape index (κ3) is 2.78. The van der Waals surface area contributed by atoms with Gasteiger partial charge in [-0.25, -0.2) is 9.97 Å². The first-order chi connectivity index (χ1) is 10.0. The highest BCUT2D eigenvalue weighted by Crippen LogP contribution is 2.21. The van der Waals surface area contributed by atoms with Crippen LogP contribution in [0, 0.1) is 13.8 Å². The number of hydrogen-bond donors (Lipinski definition) is 0. The van der Waals surface area contributed by atoms with Crippen molar-refractivity contribution >= 4 is 29.2 Å². The summed E-state index contributed by atoms with van der Waals surface area (Å²) in [5, 5.41) is 6.27. The lowest BCUT2D eigenvalue weighted by molar-refractivity contribution is -0.117. The molecule has 6 heteroatoms. The quantitative estimate of drug-likeness (QED) is 0.857. The van der Waals surface area contributed by atoms with Gasteiger partial charge in [0.1, 0.15) is 0 Å². The second-order valence-corrected chi connectivity index (χ2v) is 5.32. The van der Waals surface area contributed by atoms with Crippen LogP contribution in [0.3, 0.4) is 0 Å². The van der Waals surface area contributed by atoms with E-state index in [2.05, 4.69) is 15.1 Å². The number of carbonyl (C=O) groups is 1. The van der Waals surface area contributed by atoms with Gasteiger partial charge in [0.25, 0.3) is 11.9 Å². The summed E-state index contributed by atoms with van der Waals surface area (Å²) in [6, 6.07) is 9.11. The van der Waals surface area contributed by atoms with Crippen molar-refractivity contribution in [3.63, 3.8) is 0 Å². The predicted octanol–water partition coefficient (Wildman–Crippen LogP) is 2.89. The van der Waals surface area contributed by atoms with Crippen LogP contribution in [0.15, 0.2) is 35.4 Å². The van der Waals surface area contributed by atoms with Gasteiger partial charge in [0, 0.05) is 16.4 Å². The van der Waals surface area contributed by atoms with Crippen molar-refractivity contribution in [2.45, 2.75) is 20.3 Å². The molecule has 2 heterocycles. The summed E-state index contributed by atoms with van der Waals surface area (Å²) in [4.78, 5) is 20.7. The molecule has 0 spiro atoms. The van der Waals surface area contributed by atoms with E-state index in [1.807, 2.05) is 32.0 Å². The molecule has 0 N–H and O–H groups in total. The maximum atomic E-state index is 12.2. The van der Waals surface area contributed by atoms with Crippen molar-refractivity contribution in [3.05, 3.63) is 52.3 Å². The summed E-state index contributed by atoms with van der Waals surface area (Å²) in [5.74, 6) is 0.186. The van der Waals surface area contributed by atoms with Crippen molar-refractivity contribution in [2.75, 3.05) is 5.01 Å². The Morgan fingerprint density at radius 2 is 1.71 bits per heavy atom. The summed E-state index contributed by atoms with van der Waals surface area (Å²) in [6.07, 6.45) is 0.234. The minimum Gasteiger partial charge on any atom is -0.272 e. The van der Waals surface area contributed by atoms with Crippen molar-refractivity contribution in [3.8, 4) is 0 Å². The van der Waals surface area contributed by atoms with Gasteiger partial charge in [-0.1, -0.05) is 23.7 Å². The van der Waals surface area contributed by atoms with Crippen LogP contribution in [0.5, 0.6) is 0 Å². The number of rotatable bonds is 2. The van der Waals surface area contributed by atoms with Crippen LogP contribution < -0.4 is 5.01 Å². The van der Waals surface area contributed by atoms with E-state index in [1.165, 1.54) is 5.01 Å². The van der Waals surface area contributed by atoms with Gasteiger partial charge in [-0.05, 0) is 37.6 Å². The highest BCUT2D eigenvalue weighted by atomic mass is 35.5. The molecule has 0 saturated heterocycles. The Morgan fingerprint density at radius 3 is 2.33 bits per heavy atom. The molecule has 3 rings (SSSR count). The highest BCUT2D eigenvalue weighted by Gasteiger charge is 2.28. The van der Waals surface area contributed by atoms with Gasteiger partial charge in [-0.2, -0.15) is 10.1 Å². The predicted molar refractivity (Wildman–Crippen MR) is 81.6 cm³/mol. The van der Waals surface area contributed by atoms with Gasteiger partial charge in [-0.3, -0.25) is 4.79 Å². The maximum absolute atomic E-state index is 12.2. The molecule has 1 aromatic carbocycles. The van der Waals surface area contributed by atoms with E-state index in [9.17, 15) is 4.79 Å². The molecule has 0 aliphatic carbocycles. The Bertz CT molecular complexity index is 720. The highest BCUT2D eigenvalue weighted by molar-refractivity contribution is 6.30. The molecule has 0 saturated carbocycles. The summed E-state index contributed by atoms with van der Waals surface area (Å²) in [6.45, 7) is 3.73. The number of amides is 1. The minimum absolute atomic E-state index is 0.134. The molecule has 1 amide bonds. The SMILES string of the molecule is Cc1cc(C)nc(N2N=C(c3ccc(Cl)cc3)CC2=O)n1. The minimum atomic E-state index is -0.134. The molecular weight excluding hydrogens is 288 g/mol. The fourth-order valence-corrected chi connectivity index (χ4v) is 2.32. The van der Waals surface area contributed by atoms with Gasteiger partial charge >= 0.3 is 0 Å². The first kappa shape index (κ1) is 13.7. The first-order valence-corrected chi connectivity index (χ1v) is 6.89. The molecule has 0 bridgehead atoms. The molecule has 5 nitrogen and oxygen atoms in total. The number of halogens is 1. The summed E-state index contributed by atoms with van der Waals surface area (Å²) in [7, 11) is 0. The van der Waals surface area contributed by atoms with Gasteiger partial charge in [0.15, 0.2) is 0 Å². The Hall–Kier alpha value is -2.27. The van der Waals surface area contributed by atoms with Crippen LogP contribution >= 0.6 is 11.6 Å². The molecule has 106 valence electrons. The Balaban J connectivity index is 1.96. The van der Waals surface area contributed by atoms with Crippen LogP contribution in [0.1, 0.15) is 23.4 Å². The molecule has 0 unspecified atom stereocenters. The normalized spacial score (nSPS) is 14.5. The number of aryl methyl sites for hydroxylation is 2. The lowest BCUT2D eigenvalue weighted by Gasteiger charge is -2.10. The molecule has 0 radical (unpaired) electrons. The molecule has 2 aromatic rings. The van der Waals surface area contributed by atoms with Gasteiger partial charge in [-0.15, -0.1) is 0 Å². The summed E-state index contributed by atoms with van der Waals surface area (Å²) < 4.78 is 0. The van der Waals surface area contributed by atoms with Crippen LogP contribution in [0.2, 0.25) is 5.02 Å². The van der Waals surface area contributed by atoms with Crippen molar-refractivity contribution in [2.24, 2.45) is 5.10 Å². The van der Waals surface area contributed by atoms with Crippen molar-refractivity contribution in [1.82, 2.24) is 9.97 Å². The first-order valence-electron chi connectivity index (χ1n) is 6.51. The molecule has 21 heavy (non-hydrogen) atoms. The number of hydrogen-bond acceptors (Lipinski definition) is 4. The van der Waals surface area contributed by atoms with Crippen molar-refractivity contribution in [1.29, 1.82) is 0 Å². The summed E-state index contributed by atoms with van der Waals surface area (Å²) in [5.41, 5.74) is 3.18. The van der Waals surface area contributed by atoms with Crippen LogP contribution in [-0.2, 0) is 4.79 Å². The van der Waals surface area contributed by atoms with Crippen LogP contribution in [0.4, 0.5) is 5.95 Å².